The molecule has 1 atom stereocenters. The summed E-state index contributed by atoms with van der Waals surface area (Å²) in [6, 6.07) is 5.35. The molecule has 2 N–H and O–H groups in total. The van der Waals surface area contributed by atoms with Gasteiger partial charge in [-0.1, -0.05) is 37.5 Å². The van der Waals surface area contributed by atoms with Crippen molar-refractivity contribution in [2.24, 2.45) is 0 Å². The molecule has 21 heavy (non-hydrogen) atoms. The van der Waals surface area contributed by atoms with Crippen molar-refractivity contribution in [1.82, 2.24) is 4.98 Å². The zero-order valence-electron chi connectivity index (χ0n) is 12.6. The summed E-state index contributed by atoms with van der Waals surface area (Å²) in [5.41, 5.74) is 7.05. The van der Waals surface area contributed by atoms with Crippen LogP contribution in [0.2, 0.25) is 0 Å². The number of nitrogens with two attached hydrogens (primary N) is 1. The summed E-state index contributed by atoms with van der Waals surface area (Å²) < 4.78 is 6.40. The van der Waals surface area contributed by atoms with Crippen LogP contribution in [0.1, 0.15) is 56.3 Å². The molecule has 0 aliphatic heterocycles. The highest BCUT2D eigenvalue weighted by atomic mass is 32.1. The molecule has 0 saturated heterocycles. The Labute approximate surface area is 129 Å². The van der Waals surface area contributed by atoms with E-state index >= 15 is 0 Å². The summed E-state index contributed by atoms with van der Waals surface area (Å²) in [6.07, 6.45) is 5.63. The van der Waals surface area contributed by atoms with E-state index in [1.807, 2.05) is 13.0 Å². The lowest BCUT2D eigenvalue weighted by atomic mass is 10.1. The number of fused-ring (bicyclic) bond motifs is 1. The van der Waals surface area contributed by atoms with Gasteiger partial charge in [0.25, 0.3) is 0 Å². The van der Waals surface area contributed by atoms with Crippen molar-refractivity contribution < 1.29 is 9.53 Å². The number of thiazole rings is 1. The number of ether oxygens (including phenoxy) is 1. The Hall–Kier alpha value is -1.62. The number of benzene rings is 1. The Morgan fingerprint density at radius 2 is 2.19 bits per heavy atom. The minimum Gasteiger partial charge on any atom is -0.459 e. The standard InChI is InChI=1S/C16H22N2O2S/c1-3-4-5-6-7-11(2)20-15(19)12-8-9-13-14(10-12)21-16(17)18-13/h8-11H,3-7H2,1-2H3,(H2,17,18). The van der Waals surface area contributed by atoms with Gasteiger partial charge in [-0.05, 0) is 38.0 Å². The molecule has 0 aliphatic carbocycles. The third-order valence-electron chi connectivity index (χ3n) is 3.41. The first-order chi connectivity index (χ1) is 10.1. The number of aromatic nitrogens is 1. The quantitative estimate of drug-likeness (QED) is 0.608. The minimum atomic E-state index is -0.271. The molecular weight excluding hydrogens is 284 g/mol. The van der Waals surface area contributed by atoms with Gasteiger partial charge in [0, 0.05) is 0 Å². The molecule has 2 aromatic rings. The van der Waals surface area contributed by atoms with Crippen LogP contribution in [0.4, 0.5) is 5.13 Å². The van der Waals surface area contributed by atoms with Crippen molar-refractivity contribution in [3.63, 3.8) is 0 Å². The van der Waals surface area contributed by atoms with Crippen LogP contribution < -0.4 is 5.73 Å². The molecule has 0 fully saturated rings. The van der Waals surface area contributed by atoms with E-state index < -0.39 is 0 Å². The molecular formula is C16H22N2O2S. The van der Waals surface area contributed by atoms with Crippen LogP contribution >= 0.6 is 11.3 Å². The fraction of sp³-hybridized carbons (Fsp3) is 0.500. The summed E-state index contributed by atoms with van der Waals surface area (Å²) in [4.78, 5) is 16.3. The van der Waals surface area contributed by atoms with Crippen molar-refractivity contribution in [3.05, 3.63) is 23.8 Å². The Morgan fingerprint density at radius 3 is 2.95 bits per heavy atom. The third-order valence-corrected chi connectivity index (χ3v) is 4.26. The molecule has 0 saturated carbocycles. The first-order valence-corrected chi connectivity index (χ1v) is 8.29. The SMILES string of the molecule is CCCCCCC(C)OC(=O)c1ccc2nc(N)sc2c1. The average Bonchev–Trinajstić information content (AvgIpc) is 2.82. The Balaban J connectivity index is 1.91. The number of hydrogen-bond acceptors (Lipinski definition) is 5. The van der Waals surface area contributed by atoms with Gasteiger partial charge in [-0.15, -0.1) is 0 Å². The maximum absolute atomic E-state index is 12.1. The van der Waals surface area contributed by atoms with Crippen LogP contribution in [-0.4, -0.2) is 17.1 Å². The molecule has 1 aromatic carbocycles. The molecule has 0 bridgehead atoms. The lowest BCUT2D eigenvalue weighted by molar-refractivity contribution is 0.0319. The number of nitrogen functional groups attached to an aromatic ring is 1. The Morgan fingerprint density at radius 1 is 1.38 bits per heavy atom. The van der Waals surface area contributed by atoms with Crippen molar-refractivity contribution in [1.29, 1.82) is 0 Å². The molecule has 0 spiro atoms. The highest BCUT2D eigenvalue weighted by Gasteiger charge is 2.13. The highest BCUT2D eigenvalue weighted by Crippen LogP contribution is 2.25. The van der Waals surface area contributed by atoms with Crippen molar-refractivity contribution in [2.45, 2.75) is 52.1 Å². The summed E-state index contributed by atoms with van der Waals surface area (Å²) in [5.74, 6) is -0.271. The predicted molar refractivity (Wildman–Crippen MR) is 87.7 cm³/mol. The number of rotatable bonds is 7. The first-order valence-electron chi connectivity index (χ1n) is 7.47. The largest absolute Gasteiger partial charge is 0.459 e. The highest BCUT2D eigenvalue weighted by molar-refractivity contribution is 7.22. The van der Waals surface area contributed by atoms with Gasteiger partial charge in [-0.3, -0.25) is 0 Å². The second kappa shape index (κ2) is 7.41. The lowest BCUT2D eigenvalue weighted by Crippen LogP contribution is -2.14. The molecule has 0 aliphatic rings. The molecule has 0 amide bonds. The maximum atomic E-state index is 12.1. The molecule has 4 nitrogen and oxygen atoms in total. The fourth-order valence-electron chi connectivity index (χ4n) is 2.24. The van der Waals surface area contributed by atoms with E-state index in [4.69, 9.17) is 10.5 Å². The summed E-state index contributed by atoms with van der Waals surface area (Å²) >= 11 is 1.38. The van der Waals surface area contributed by atoms with E-state index in [2.05, 4.69) is 11.9 Å². The lowest BCUT2D eigenvalue weighted by Gasteiger charge is -2.13. The van der Waals surface area contributed by atoms with Gasteiger partial charge in [0.05, 0.1) is 21.9 Å². The van der Waals surface area contributed by atoms with E-state index in [1.54, 1.807) is 12.1 Å². The van der Waals surface area contributed by atoms with Crippen molar-refractivity contribution in [3.8, 4) is 0 Å². The monoisotopic (exact) mass is 306 g/mol. The Kier molecular flexibility index (Phi) is 5.56. The molecule has 2 rings (SSSR count). The Bertz CT molecular complexity index is 609. The van der Waals surface area contributed by atoms with E-state index in [0.29, 0.717) is 10.7 Å². The van der Waals surface area contributed by atoms with Crippen LogP contribution in [0.15, 0.2) is 18.2 Å². The normalized spacial score (nSPS) is 12.5. The molecule has 1 unspecified atom stereocenters. The number of hydrogen-bond donors (Lipinski definition) is 1. The van der Waals surface area contributed by atoms with Gasteiger partial charge >= 0.3 is 5.97 Å². The van der Waals surface area contributed by atoms with Crippen LogP contribution in [0, 0.1) is 0 Å². The zero-order valence-corrected chi connectivity index (χ0v) is 13.4. The number of nitrogens with zero attached hydrogens (tertiary/aromatic N) is 1. The predicted octanol–water partition coefficient (Wildman–Crippen LogP) is 4.39. The van der Waals surface area contributed by atoms with E-state index in [0.717, 1.165) is 23.1 Å². The average molecular weight is 306 g/mol. The van der Waals surface area contributed by atoms with Gasteiger partial charge in [-0.25, -0.2) is 9.78 Å². The minimum absolute atomic E-state index is 0.0448. The molecule has 114 valence electrons. The van der Waals surface area contributed by atoms with E-state index in [1.165, 1.54) is 30.6 Å². The summed E-state index contributed by atoms with van der Waals surface area (Å²) in [5, 5.41) is 0.514. The van der Waals surface area contributed by atoms with Crippen molar-refractivity contribution in [2.75, 3.05) is 5.73 Å². The number of carbonyl (C=O) groups is 1. The van der Waals surface area contributed by atoms with Crippen molar-refractivity contribution >= 4 is 32.7 Å². The van der Waals surface area contributed by atoms with Crippen LogP contribution in [0.3, 0.4) is 0 Å². The topological polar surface area (TPSA) is 65.2 Å². The van der Waals surface area contributed by atoms with Gasteiger partial charge in [0.1, 0.15) is 0 Å². The molecule has 0 radical (unpaired) electrons. The number of carbonyl (C=O) groups excluding carboxylic acids is 1. The van der Waals surface area contributed by atoms with Crippen LogP contribution in [0.25, 0.3) is 10.2 Å². The first kappa shape index (κ1) is 15.8. The zero-order chi connectivity index (χ0) is 15.2. The number of unbranched alkanes of at least 4 members (excludes halogenated alkanes) is 3. The smallest absolute Gasteiger partial charge is 0.338 e. The number of esters is 1. The van der Waals surface area contributed by atoms with Crippen LogP contribution in [0.5, 0.6) is 0 Å². The fourth-order valence-corrected chi connectivity index (χ4v) is 3.01. The summed E-state index contributed by atoms with van der Waals surface area (Å²) in [7, 11) is 0. The van der Waals surface area contributed by atoms with E-state index in [-0.39, 0.29) is 12.1 Å². The second-order valence-corrected chi connectivity index (χ2v) is 6.36. The number of anilines is 1. The molecule has 1 aromatic heterocycles. The third kappa shape index (κ3) is 4.43. The molecule has 5 heteroatoms. The van der Waals surface area contributed by atoms with Crippen LogP contribution in [-0.2, 0) is 4.74 Å². The summed E-state index contributed by atoms with van der Waals surface area (Å²) in [6.45, 7) is 4.14. The van der Waals surface area contributed by atoms with Gasteiger partial charge in [0.15, 0.2) is 5.13 Å². The maximum Gasteiger partial charge on any atom is 0.338 e. The van der Waals surface area contributed by atoms with Gasteiger partial charge in [-0.2, -0.15) is 0 Å². The molecule has 1 heterocycles. The van der Waals surface area contributed by atoms with Gasteiger partial charge < -0.3 is 10.5 Å². The van der Waals surface area contributed by atoms with Gasteiger partial charge in [0.2, 0.25) is 0 Å². The second-order valence-electron chi connectivity index (χ2n) is 5.30. The van der Waals surface area contributed by atoms with E-state index in [9.17, 15) is 4.79 Å².